The monoisotopic (exact) mass is 377 g/mol. The number of fused-ring (bicyclic) bond motifs is 1. The van der Waals surface area contributed by atoms with Crippen molar-refractivity contribution in [1.82, 2.24) is 25.3 Å². The summed E-state index contributed by atoms with van der Waals surface area (Å²) < 4.78 is 1.28. The molecule has 0 saturated heterocycles. The van der Waals surface area contributed by atoms with Gasteiger partial charge >= 0.3 is 6.03 Å². The number of hydrogen-bond donors (Lipinski definition) is 1. The van der Waals surface area contributed by atoms with Crippen LogP contribution in [0.1, 0.15) is 27.4 Å². The summed E-state index contributed by atoms with van der Waals surface area (Å²) in [7, 11) is 0. The summed E-state index contributed by atoms with van der Waals surface area (Å²) in [6, 6.07) is 13.4. The summed E-state index contributed by atoms with van der Waals surface area (Å²) in [6.07, 6.45) is 0.802. The molecule has 1 N–H and O–H groups in total. The summed E-state index contributed by atoms with van der Waals surface area (Å²) in [5.41, 5.74) is 6.26. The molecule has 0 aliphatic carbocycles. The van der Waals surface area contributed by atoms with E-state index in [0.717, 1.165) is 17.1 Å². The van der Waals surface area contributed by atoms with Crippen LogP contribution in [0.25, 0.3) is 11.0 Å². The van der Waals surface area contributed by atoms with Crippen molar-refractivity contribution in [3.63, 3.8) is 0 Å². The van der Waals surface area contributed by atoms with Crippen LogP contribution in [-0.2, 0) is 13.0 Å². The number of aryl methyl sites for hydroxylation is 2. The van der Waals surface area contributed by atoms with Crippen LogP contribution in [0.5, 0.6) is 0 Å². The maximum Gasteiger partial charge on any atom is 0.344 e. The first-order valence-electron chi connectivity index (χ1n) is 8.69. The Labute approximate surface area is 160 Å². The highest BCUT2D eigenvalue weighted by molar-refractivity contribution is 7.09. The molecule has 2 aromatic carbocycles. The largest absolute Gasteiger partial charge is 0.344 e. The van der Waals surface area contributed by atoms with Crippen molar-refractivity contribution in [3.05, 3.63) is 75.2 Å². The van der Waals surface area contributed by atoms with E-state index in [1.54, 1.807) is 11.3 Å². The summed E-state index contributed by atoms with van der Waals surface area (Å²) >= 11 is 1.55. The molecule has 0 aliphatic rings. The van der Waals surface area contributed by atoms with Crippen LogP contribution in [0.4, 0.5) is 4.79 Å². The van der Waals surface area contributed by atoms with Gasteiger partial charge in [0.15, 0.2) is 0 Å². The summed E-state index contributed by atoms with van der Waals surface area (Å²) in [5.74, 6) is 0. The van der Waals surface area contributed by atoms with E-state index in [-0.39, 0.29) is 6.03 Å². The number of amides is 1. The molecule has 0 atom stereocenters. The Morgan fingerprint density at radius 2 is 1.89 bits per heavy atom. The highest BCUT2D eigenvalue weighted by Crippen LogP contribution is 2.19. The van der Waals surface area contributed by atoms with E-state index in [4.69, 9.17) is 0 Å². The molecule has 0 spiro atoms. The van der Waals surface area contributed by atoms with Gasteiger partial charge in [-0.2, -0.15) is 4.68 Å². The molecule has 27 heavy (non-hydrogen) atoms. The maximum absolute atomic E-state index is 12.4. The third-order valence-electron chi connectivity index (χ3n) is 4.54. The minimum absolute atomic E-state index is 0.310. The normalized spacial score (nSPS) is 11.0. The van der Waals surface area contributed by atoms with Crippen molar-refractivity contribution in [2.24, 2.45) is 0 Å². The van der Waals surface area contributed by atoms with Gasteiger partial charge in [0.1, 0.15) is 10.5 Å². The van der Waals surface area contributed by atoms with Gasteiger partial charge in [0.05, 0.1) is 17.8 Å². The number of nitrogens with zero attached hydrogens (tertiary/aromatic N) is 4. The first-order valence-corrected chi connectivity index (χ1v) is 9.57. The van der Waals surface area contributed by atoms with Crippen LogP contribution in [0.15, 0.2) is 47.8 Å². The molecule has 136 valence electrons. The Bertz CT molecular complexity index is 1090. The molecule has 0 bridgehead atoms. The standard InChI is InChI=1S/C20H19N5OS/c1-13-6-5-7-14(2)16(13)10-15-12-27-19(22-15)11-21-20(26)25-18-9-4-3-8-17(18)23-24-25/h3-9,12H,10-11H2,1-2H3,(H,21,26). The van der Waals surface area contributed by atoms with Gasteiger partial charge in [-0.25, -0.2) is 9.78 Å². The molecule has 2 aromatic heterocycles. The number of para-hydroxylation sites is 1. The maximum atomic E-state index is 12.4. The van der Waals surface area contributed by atoms with Gasteiger partial charge in [-0.05, 0) is 42.7 Å². The number of rotatable bonds is 4. The molecule has 0 aliphatic heterocycles. The molecule has 7 heteroatoms. The second-order valence-corrected chi connectivity index (χ2v) is 7.37. The first-order chi connectivity index (χ1) is 13.1. The third-order valence-corrected chi connectivity index (χ3v) is 5.43. The van der Waals surface area contributed by atoms with Crippen LogP contribution >= 0.6 is 11.3 Å². The van der Waals surface area contributed by atoms with E-state index in [9.17, 15) is 4.79 Å². The number of carbonyl (C=O) groups excluding carboxylic acids is 1. The molecule has 6 nitrogen and oxygen atoms in total. The lowest BCUT2D eigenvalue weighted by Crippen LogP contribution is -2.28. The Balaban J connectivity index is 1.43. The van der Waals surface area contributed by atoms with Crippen LogP contribution in [0.2, 0.25) is 0 Å². The number of hydrogen-bond acceptors (Lipinski definition) is 5. The highest BCUT2D eigenvalue weighted by atomic mass is 32.1. The van der Waals surface area contributed by atoms with Gasteiger partial charge in [0.2, 0.25) is 0 Å². The number of thiazole rings is 1. The number of nitrogens with one attached hydrogen (secondary N) is 1. The first kappa shape index (κ1) is 17.4. The summed E-state index contributed by atoms with van der Waals surface area (Å²) in [6.45, 7) is 4.61. The van der Waals surface area contributed by atoms with Crippen molar-refractivity contribution >= 4 is 28.4 Å². The Kier molecular flexibility index (Phi) is 4.68. The third kappa shape index (κ3) is 3.59. The van der Waals surface area contributed by atoms with E-state index in [1.807, 2.05) is 24.3 Å². The predicted octanol–water partition coefficient (Wildman–Crippen LogP) is 3.85. The van der Waals surface area contributed by atoms with Gasteiger partial charge < -0.3 is 5.32 Å². The lowest BCUT2D eigenvalue weighted by Gasteiger charge is -2.07. The molecule has 0 radical (unpaired) electrons. The van der Waals surface area contributed by atoms with Crippen LogP contribution in [-0.4, -0.2) is 26.0 Å². The fourth-order valence-electron chi connectivity index (χ4n) is 3.07. The molecule has 0 fully saturated rings. The average Bonchev–Trinajstić information content (AvgIpc) is 3.30. The van der Waals surface area contributed by atoms with Gasteiger partial charge in [-0.1, -0.05) is 35.5 Å². The second kappa shape index (κ2) is 7.28. The zero-order valence-corrected chi connectivity index (χ0v) is 16.0. The number of benzene rings is 2. The van der Waals surface area contributed by atoms with E-state index in [1.165, 1.54) is 21.4 Å². The molecular weight excluding hydrogens is 358 g/mol. The van der Waals surface area contributed by atoms with E-state index < -0.39 is 0 Å². The zero-order valence-electron chi connectivity index (χ0n) is 15.1. The Morgan fingerprint density at radius 3 is 2.70 bits per heavy atom. The molecule has 1 amide bonds. The smallest absolute Gasteiger partial charge is 0.330 e. The van der Waals surface area contributed by atoms with E-state index in [2.05, 4.69) is 58.0 Å². The molecule has 4 rings (SSSR count). The van der Waals surface area contributed by atoms with Crippen molar-refractivity contribution in [1.29, 1.82) is 0 Å². The highest BCUT2D eigenvalue weighted by Gasteiger charge is 2.12. The molecule has 4 aromatic rings. The topological polar surface area (TPSA) is 72.7 Å². The minimum Gasteiger partial charge on any atom is -0.330 e. The molecule has 2 heterocycles. The molecule has 0 saturated carbocycles. The van der Waals surface area contributed by atoms with Crippen molar-refractivity contribution < 1.29 is 4.79 Å². The Morgan fingerprint density at radius 1 is 1.11 bits per heavy atom. The molecular formula is C20H19N5OS. The fraction of sp³-hybridized carbons (Fsp3) is 0.200. The SMILES string of the molecule is Cc1cccc(C)c1Cc1csc(CNC(=O)n2nnc3ccccc32)n1. The lowest BCUT2D eigenvalue weighted by atomic mass is 9.99. The lowest BCUT2D eigenvalue weighted by molar-refractivity contribution is 0.239. The van der Waals surface area contributed by atoms with Crippen molar-refractivity contribution in [3.8, 4) is 0 Å². The predicted molar refractivity (Wildman–Crippen MR) is 106 cm³/mol. The van der Waals surface area contributed by atoms with Crippen LogP contribution < -0.4 is 5.32 Å². The van der Waals surface area contributed by atoms with E-state index >= 15 is 0 Å². The van der Waals surface area contributed by atoms with Gasteiger partial charge in [-0.15, -0.1) is 16.4 Å². The van der Waals surface area contributed by atoms with E-state index in [0.29, 0.717) is 17.6 Å². The summed E-state index contributed by atoms with van der Waals surface area (Å²) in [5, 5.41) is 13.7. The summed E-state index contributed by atoms with van der Waals surface area (Å²) in [4.78, 5) is 17.1. The van der Waals surface area contributed by atoms with Gasteiger partial charge in [0.25, 0.3) is 0 Å². The van der Waals surface area contributed by atoms with Crippen LogP contribution in [0.3, 0.4) is 0 Å². The number of carbonyl (C=O) groups is 1. The van der Waals surface area contributed by atoms with Gasteiger partial charge in [0, 0.05) is 11.8 Å². The quantitative estimate of drug-likeness (QED) is 0.586. The zero-order chi connectivity index (χ0) is 18.8. The van der Waals surface area contributed by atoms with Crippen LogP contribution in [0, 0.1) is 13.8 Å². The minimum atomic E-state index is -0.310. The fourth-order valence-corrected chi connectivity index (χ4v) is 3.80. The molecule has 0 unspecified atom stereocenters. The Hall–Kier alpha value is -3.06. The van der Waals surface area contributed by atoms with Crippen molar-refractivity contribution in [2.45, 2.75) is 26.8 Å². The van der Waals surface area contributed by atoms with Gasteiger partial charge in [-0.3, -0.25) is 0 Å². The average molecular weight is 377 g/mol. The van der Waals surface area contributed by atoms with Crippen molar-refractivity contribution in [2.75, 3.05) is 0 Å². The number of aromatic nitrogens is 4. The second-order valence-electron chi connectivity index (χ2n) is 6.43.